The minimum absolute atomic E-state index is 0.305. The highest BCUT2D eigenvalue weighted by Gasteiger charge is 2.21. The summed E-state index contributed by atoms with van der Waals surface area (Å²) >= 11 is 0. The van der Waals surface area contributed by atoms with Crippen molar-refractivity contribution in [1.29, 1.82) is 0 Å². The van der Waals surface area contributed by atoms with Crippen molar-refractivity contribution in [2.24, 2.45) is 11.7 Å². The first kappa shape index (κ1) is 12.4. The monoisotopic (exact) mass is 216 g/mol. The van der Waals surface area contributed by atoms with E-state index in [4.69, 9.17) is 15.6 Å². The van der Waals surface area contributed by atoms with Crippen LogP contribution in [0.15, 0.2) is 0 Å². The predicted molar refractivity (Wildman–Crippen MR) is 56.6 cm³/mol. The lowest BCUT2D eigenvalue weighted by Crippen LogP contribution is -2.46. The van der Waals surface area contributed by atoms with Crippen LogP contribution >= 0.6 is 0 Å². The fourth-order valence-corrected chi connectivity index (χ4v) is 1.78. The van der Waals surface area contributed by atoms with Crippen LogP contribution in [-0.2, 0) is 9.53 Å². The number of aliphatic carboxylic acids is 1. The van der Waals surface area contributed by atoms with Gasteiger partial charge in [0.1, 0.15) is 6.04 Å². The highest BCUT2D eigenvalue weighted by molar-refractivity contribution is 5.73. The maximum atomic E-state index is 10.5. The molecular formula is C10H20N2O3. The van der Waals surface area contributed by atoms with Gasteiger partial charge in [0.05, 0.1) is 0 Å². The summed E-state index contributed by atoms with van der Waals surface area (Å²) in [5, 5.41) is 11.8. The van der Waals surface area contributed by atoms with Gasteiger partial charge in [-0.15, -0.1) is 0 Å². The van der Waals surface area contributed by atoms with E-state index < -0.39 is 12.0 Å². The fraction of sp³-hybridized carbons (Fsp3) is 0.900. The standard InChI is InChI=1S/C10H20N2O3/c1-7(8-2-4-15-5-3-8)12-6-9(11)10(13)14/h7-9,12H,2-6,11H2,1H3,(H,13,14). The molecule has 0 aromatic carbocycles. The predicted octanol–water partition coefficient (Wildman–Crippen LogP) is -0.197. The van der Waals surface area contributed by atoms with Crippen molar-refractivity contribution in [3.63, 3.8) is 0 Å². The molecule has 0 spiro atoms. The van der Waals surface area contributed by atoms with Gasteiger partial charge in [-0.05, 0) is 25.7 Å². The first-order valence-corrected chi connectivity index (χ1v) is 5.40. The number of nitrogens with two attached hydrogens (primary N) is 1. The minimum atomic E-state index is -0.957. The molecule has 4 N–H and O–H groups in total. The maximum absolute atomic E-state index is 10.5. The summed E-state index contributed by atoms with van der Waals surface area (Å²) < 4.78 is 5.27. The lowest BCUT2D eigenvalue weighted by atomic mass is 9.93. The Morgan fingerprint density at radius 1 is 1.60 bits per heavy atom. The van der Waals surface area contributed by atoms with Gasteiger partial charge in [0.2, 0.25) is 0 Å². The van der Waals surface area contributed by atoms with Gasteiger partial charge in [0.25, 0.3) is 0 Å². The molecule has 15 heavy (non-hydrogen) atoms. The van der Waals surface area contributed by atoms with Crippen LogP contribution in [0.25, 0.3) is 0 Å². The molecule has 0 saturated carbocycles. The molecule has 1 aliphatic heterocycles. The average Bonchev–Trinajstić information content (AvgIpc) is 2.26. The lowest BCUT2D eigenvalue weighted by Gasteiger charge is -2.28. The van der Waals surface area contributed by atoms with Crippen molar-refractivity contribution in [1.82, 2.24) is 5.32 Å². The second kappa shape index (κ2) is 6.05. The largest absolute Gasteiger partial charge is 0.480 e. The third kappa shape index (κ3) is 4.15. The van der Waals surface area contributed by atoms with E-state index in [1.54, 1.807) is 0 Å². The van der Waals surface area contributed by atoms with Gasteiger partial charge in [-0.3, -0.25) is 4.79 Å². The van der Waals surface area contributed by atoms with Gasteiger partial charge in [-0.25, -0.2) is 0 Å². The van der Waals surface area contributed by atoms with Gasteiger partial charge in [0, 0.05) is 25.8 Å². The van der Waals surface area contributed by atoms with E-state index in [0.717, 1.165) is 26.1 Å². The molecule has 0 aromatic rings. The summed E-state index contributed by atoms with van der Waals surface area (Å²) in [6.45, 7) is 4.02. The minimum Gasteiger partial charge on any atom is -0.480 e. The van der Waals surface area contributed by atoms with E-state index in [9.17, 15) is 4.79 Å². The van der Waals surface area contributed by atoms with Crippen LogP contribution in [0, 0.1) is 5.92 Å². The van der Waals surface area contributed by atoms with Gasteiger partial charge < -0.3 is 20.9 Å². The Morgan fingerprint density at radius 2 is 2.20 bits per heavy atom. The highest BCUT2D eigenvalue weighted by Crippen LogP contribution is 2.18. The van der Waals surface area contributed by atoms with Crippen molar-refractivity contribution in [2.75, 3.05) is 19.8 Å². The molecule has 5 nitrogen and oxygen atoms in total. The SMILES string of the molecule is CC(NCC(N)C(=O)O)C1CCOCC1. The Kier molecular flexibility index (Phi) is 5.01. The van der Waals surface area contributed by atoms with Crippen LogP contribution in [0.4, 0.5) is 0 Å². The van der Waals surface area contributed by atoms with E-state index in [-0.39, 0.29) is 0 Å². The van der Waals surface area contributed by atoms with E-state index in [0.29, 0.717) is 18.5 Å². The lowest BCUT2D eigenvalue weighted by molar-refractivity contribution is -0.138. The quantitative estimate of drug-likeness (QED) is 0.593. The number of rotatable bonds is 5. The molecule has 1 heterocycles. The van der Waals surface area contributed by atoms with Crippen molar-refractivity contribution in [2.45, 2.75) is 31.8 Å². The first-order chi connectivity index (χ1) is 7.11. The van der Waals surface area contributed by atoms with Gasteiger partial charge in [0.15, 0.2) is 0 Å². The molecule has 0 amide bonds. The second-order valence-electron chi connectivity index (χ2n) is 4.09. The summed E-state index contributed by atoms with van der Waals surface area (Å²) in [4.78, 5) is 10.5. The Labute approximate surface area is 90.0 Å². The Balaban J connectivity index is 2.22. The van der Waals surface area contributed by atoms with Crippen LogP contribution < -0.4 is 11.1 Å². The molecule has 1 saturated heterocycles. The molecule has 2 atom stereocenters. The molecule has 88 valence electrons. The van der Waals surface area contributed by atoms with Crippen molar-refractivity contribution in [3.8, 4) is 0 Å². The van der Waals surface area contributed by atoms with E-state index in [1.165, 1.54) is 0 Å². The van der Waals surface area contributed by atoms with Crippen molar-refractivity contribution < 1.29 is 14.6 Å². The smallest absolute Gasteiger partial charge is 0.321 e. The summed E-state index contributed by atoms with van der Waals surface area (Å²) in [6, 6.07) is -0.508. The molecule has 5 heteroatoms. The molecule has 0 aliphatic carbocycles. The molecule has 0 radical (unpaired) electrons. The van der Waals surface area contributed by atoms with Gasteiger partial charge >= 0.3 is 5.97 Å². The van der Waals surface area contributed by atoms with Gasteiger partial charge in [-0.2, -0.15) is 0 Å². The van der Waals surface area contributed by atoms with Crippen molar-refractivity contribution >= 4 is 5.97 Å². The topological polar surface area (TPSA) is 84.6 Å². The molecule has 1 rings (SSSR count). The van der Waals surface area contributed by atoms with Crippen LogP contribution in [-0.4, -0.2) is 42.9 Å². The molecule has 1 fully saturated rings. The number of carboxylic acid groups (broad SMARTS) is 1. The Bertz CT molecular complexity index is 205. The molecule has 1 aliphatic rings. The molecular weight excluding hydrogens is 196 g/mol. The van der Waals surface area contributed by atoms with Crippen LogP contribution in [0.5, 0.6) is 0 Å². The van der Waals surface area contributed by atoms with E-state index >= 15 is 0 Å². The number of carbonyl (C=O) groups is 1. The number of nitrogens with one attached hydrogen (secondary N) is 1. The van der Waals surface area contributed by atoms with Crippen LogP contribution in [0.3, 0.4) is 0 Å². The summed E-state index contributed by atoms with van der Waals surface area (Å²) in [5.41, 5.74) is 5.41. The number of hydrogen-bond donors (Lipinski definition) is 3. The number of ether oxygens (including phenoxy) is 1. The molecule has 0 bridgehead atoms. The molecule has 2 unspecified atom stereocenters. The summed E-state index contributed by atoms with van der Waals surface area (Å²) in [5.74, 6) is -0.388. The zero-order valence-electron chi connectivity index (χ0n) is 9.11. The van der Waals surface area contributed by atoms with E-state index in [2.05, 4.69) is 12.2 Å². The Hall–Kier alpha value is -0.650. The third-order valence-corrected chi connectivity index (χ3v) is 2.95. The number of carboxylic acids is 1. The summed E-state index contributed by atoms with van der Waals surface area (Å²) in [7, 11) is 0. The number of hydrogen-bond acceptors (Lipinski definition) is 4. The van der Waals surface area contributed by atoms with Gasteiger partial charge in [-0.1, -0.05) is 0 Å². The first-order valence-electron chi connectivity index (χ1n) is 5.40. The third-order valence-electron chi connectivity index (χ3n) is 2.95. The van der Waals surface area contributed by atoms with Crippen LogP contribution in [0.2, 0.25) is 0 Å². The zero-order valence-corrected chi connectivity index (χ0v) is 9.11. The van der Waals surface area contributed by atoms with E-state index in [1.807, 2.05) is 0 Å². The zero-order chi connectivity index (χ0) is 11.3. The normalized spacial score (nSPS) is 22.3. The fourth-order valence-electron chi connectivity index (χ4n) is 1.78. The molecule has 0 aromatic heterocycles. The maximum Gasteiger partial charge on any atom is 0.321 e. The Morgan fingerprint density at radius 3 is 2.73 bits per heavy atom. The van der Waals surface area contributed by atoms with Crippen molar-refractivity contribution in [3.05, 3.63) is 0 Å². The van der Waals surface area contributed by atoms with Crippen LogP contribution in [0.1, 0.15) is 19.8 Å². The second-order valence-corrected chi connectivity index (χ2v) is 4.09. The highest BCUT2D eigenvalue weighted by atomic mass is 16.5. The average molecular weight is 216 g/mol. The summed E-state index contributed by atoms with van der Waals surface area (Å²) in [6.07, 6.45) is 2.08.